The highest BCUT2D eigenvalue weighted by molar-refractivity contribution is 7.80. The number of thiocarbonyl (C=S) groups is 1. The third-order valence-corrected chi connectivity index (χ3v) is 3.91. The summed E-state index contributed by atoms with van der Waals surface area (Å²) in [6.07, 6.45) is 1.38. The Hall–Kier alpha value is -2.38. The number of anilines is 1. The molecule has 0 fully saturated rings. The highest BCUT2D eigenvalue weighted by atomic mass is 32.1. The highest BCUT2D eigenvalue weighted by Crippen LogP contribution is 2.18. The van der Waals surface area contributed by atoms with E-state index in [9.17, 15) is 0 Å². The summed E-state index contributed by atoms with van der Waals surface area (Å²) in [6, 6.07) is 18.6. The van der Waals surface area contributed by atoms with Crippen molar-refractivity contribution in [2.75, 3.05) is 5.32 Å². The van der Waals surface area contributed by atoms with Crippen molar-refractivity contribution in [2.24, 2.45) is 0 Å². The van der Waals surface area contributed by atoms with Gasteiger partial charge in [0.2, 0.25) is 0 Å². The molecule has 2 aromatic carbocycles. The summed E-state index contributed by atoms with van der Waals surface area (Å²) >= 11 is 5.41. The Kier molecular flexibility index (Phi) is 6.13. The van der Waals surface area contributed by atoms with Crippen LogP contribution in [0.4, 0.5) is 5.69 Å². The summed E-state index contributed by atoms with van der Waals surface area (Å²) in [5.41, 5.74) is 4.40. The van der Waals surface area contributed by atoms with Crippen molar-refractivity contribution in [3.05, 3.63) is 65.2 Å². The lowest BCUT2D eigenvalue weighted by atomic mass is 10.0. The molecule has 1 atom stereocenters. The molecule has 0 amide bonds. The van der Waals surface area contributed by atoms with Crippen LogP contribution in [0.3, 0.4) is 0 Å². The van der Waals surface area contributed by atoms with Crippen LogP contribution < -0.4 is 10.6 Å². The molecule has 0 aliphatic carbocycles. The number of nitrogens with zero attached hydrogens (tertiary/aromatic N) is 1. The minimum absolute atomic E-state index is 0.188. The largest absolute Gasteiger partial charge is 0.356 e. The SMILES string of the molecule is CCC(NC(=S)Nc1ccc(CC#N)cc1)c1ccc(C)cc1. The van der Waals surface area contributed by atoms with E-state index in [0.29, 0.717) is 11.5 Å². The lowest BCUT2D eigenvalue weighted by molar-refractivity contribution is 0.629. The van der Waals surface area contributed by atoms with E-state index in [4.69, 9.17) is 17.5 Å². The van der Waals surface area contributed by atoms with Gasteiger partial charge >= 0.3 is 0 Å². The first-order chi connectivity index (χ1) is 11.1. The molecule has 0 aliphatic rings. The molecule has 0 radical (unpaired) electrons. The molecule has 2 N–H and O–H groups in total. The molecule has 2 rings (SSSR count). The van der Waals surface area contributed by atoms with Crippen molar-refractivity contribution >= 4 is 23.0 Å². The van der Waals surface area contributed by atoms with Crippen LogP contribution in [-0.2, 0) is 6.42 Å². The van der Waals surface area contributed by atoms with Gasteiger partial charge in [-0.1, -0.05) is 48.9 Å². The Morgan fingerprint density at radius 3 is 2.35 bits per heavy atom. The van der Waals surface area contributed by atoms with E-state index < -0.39 is 0 Å². The normalized spacial score (nSPS) is 11.3. The number of rotatable bonds is 5. The van der Waals surface area contributed by atoms with E-state index in [2.05, 4.69) is 54.8 Å². The zero-order valence-electron chi connectivity index (χ0n) is 13.5. The van der Waals surface area contributed by atoms with Crippen LogP contribution in [-0.4, -0.2) is 5.11 Å². The Morgan fingerprint density at radius 1 is 1.13 bits per heavy atom. The summed E-state index contributed by atoms with van der Waals surface area (Å²) in [5.74, 6) is 0. The smallest absolute Gasteiger partial charge is 0.171 e. The third kappa shape index (κ3) is 5.08. The zero-order valence-corrected chi connectivity index (χ0v) is 14.3. The molecule has 2 aromatic rings. The average Bonchev–Trinajstić information content (AvgIpc) is 2.56. The van der Waals surface area contributed by atoms with Gasteiger partial charge in [0.1, 0.15) is 0 Å². The van der Waals surface area contributed by atoms with Crippen molar-refractivity contribution in [1.29, 1.82) is 5.26 Å². The second-order valence-corrected chi connectivity index (χ2v) is 5.91. The molecule has 0 aromatic heterocycles. The van der Waals surface area contributed by atoms with Gasteiger partial charge in [0.05, 0.1) is 18.5 Å². The van der Waals surface area contributed by atoms with Crippen LogP contribution in [0.15, 0.2) is 48.5 Å². The fourth-order valence-corrected chi connectivity index (χ4v) is 2.60. The molecule has 0 saturated carbocycles. The second kappa shape index (κ2) is 8.30. The maximum Gasteiger partial charge on any atom is 0.171 e. The molecule has 3 nitrogen and oxygen atoms in total. The van der Waals surface area contributed by atoms with Crippen LogP contribution in [0.5, 0.6) is 0 Å². The number of aryl methyl sites for hydroxylation is 1. The second-order valence-electron chi connectivity index (χ2n) is 5.50. The Balaban J connectivity index is 1.97. The van der Waals surface area contributed by atoms with E-state index in [0.717, 1.165) is 17.7 Å². The summed E-state index contributed by atoms with van der Waals surface area (Å²) < 4.78 is 0. The number of nitriles is 1. The van der Waals surface area contributed by atoms with Crippen LogP contribution in [0.25, 0.3) is 0 Å². The van der Waals surface area contributed by atoms with Gasteiger partial charge in [-0.25, -0.2) is 0 Å². The first-order valence-electron chi connectivity index (χ1n) is 7.72. The summed E-state index contributed by atoms with van der Waals surface area (Å²) in [7, 11) is 0. The summed E-state index contributed by atoms with van der Waals surface area (Å²) in [6.45, 7) is 4.22. The maximum atomic E-state index is 8.69. The minimum atomic E-state index is 0.188. The van der Waals surface area contributed by atoms with Crippen molar-refractivity contribution in [3.8, 4) is 6.07 Å². The zero-order chi connectivity index (χ0) is 16.7. The maximum absolute atomic E-state index is 8.69. The number of benzene rings is 2. The van der Waals surface area contributed by atoms with Gasteiger partial charge in [0, 0.05) is 5.69 Å². The molecule has 0 aliphatic heterocycles. The first kappa shape index (κ1) is 17.0. The highest BCUT2D eigenvalue weighted by Gasteiger charge is 2.10. The van der Waals surface area contributed by atoms with Gasteiger partial charge in [0.15, 0.2) is 5.11 Å². The fraction of sp³-hybridized carbons (Fsp3) is 0.263. The molecule has 1 unspecified atom stereocenters. The summed E-state index contributed by atoms with van der Waals surface area (Å²) in [5, 5.41) is 15.8. The lowest BCUT2D eigenvalue weighted by Crippen LogP contribution is -2.32. The molecule has 23 heavy (non-hydrogen) atoms. The van der Waals surface area contributed by atoms with Gasteiger partial charge in [0.25, 0.3) is 0 Å². The van der Waals surface area contributed by atoms with Gasteiger partial charge in [-0.05, 0) is 48.8 Å². The van der Waals surface area contributed by atoms with Gasteiger partial charge < -0.3 is 10.6 Å². The Morgan fingerprint density at radius 2 is 1.78 bits per heavy atom. The number of hydrogen-bond donors (Lipinski definition) is 2. The van der Waals surface area contributed by atoms with E-state index in [1.807, 2.05) is 24.3 Å². The third-order valence-electron chi connectivity index (χ3n) is 3.69. The average molecular weight is 323 g/mol. The van der Waals surface area contributed by atoms with E-state index in [-0.39, 0.29) is 6.04 Å². The monoisotopic (exact) mass is 323 g/mol. The predicted molar refractivity (Wildman–Crippen MR) is 99.3 cm³/mol. The molecule has 0 bridgehead atoms. The quantitative estimate of drug-likeness (QED) is 0.795. The molecule has 0 saturated heterocycles. The van der Waals surface area contributed by atoms with Crippen molar-refractivity contribution in [3.63, 3.8) is 0 Å². The summed E-state index contributed by atoms with van der Waals surface area (Å²) in [4.78, 5) is 0. The van der Waals surface area contributed by atoms with E-state index >= 15 is 0 Å². The van der Waals surface area contributed by atoms with Gasteiger partial charge in [-0.2, -0.15) is 5.26 Å². The van der Waals surface area contributed by atoms with Crippen molar-refractivity contribution in [1.82, 2.24) is 5.32 Å². The predicted octanol–water partition coefficient (Wildman–Crippen LogP) is 4.50. The lowest BCUT2D eigenvalue weighted by Gasteiger charge is -2.20. The molecule has 0 heterocycles. The van der Waals surface area contributed by atoms with Crippen LogP contribution >= 0.6 is 12.2 Å². The molecule has 118 valence electrons. The minimum Gasteiger partial charge on any atom is -0.356 e. The number of hydrogen-bond acceptors (Lipinski definition) is 2. The van der Waals surface area contributed by atoms with Crippen LogP contribution in [0, 0.1) is 18.3 Å². The standard InChI is InChI=1S/C19H21N3S/c1-3-18(16-8-4-14(2)5-9-16)22-19(23)21-17-10-6-15(7-11-17)12-13-20/h4-11,18H,3,12H2,1-2H3,(H2,21,22,23). The van der Waals surface area contributed by atoms with Crippen LogP contribution in [0.2, 0.25) is 0 Å². The Bertz CT molecular complexity index is 684. The van der Waals surface area contributed by atoms with Crippen LogP contribution in [0.1, 0.15) is 36.1 Å². The van der Waals surface area contributed by atoms with Gasteiger partial charge in [-0.3, -0.25) is 0 Å². The molecular weight excluding hydrogens is 302 g/mol. The molecule has 0 spiro atoms. The Labute approximate surface area is 143 Å². The molecule has 4 heteroatoms. The van der Waals surface area contributed by atoms with E-state index in [1.54, 1.807) is 0 Å². The van der Waals surface area contributed by atoms with Crippen molar-refractivity contribution < 1.29 is 0 Å². The first-order valence-corrected chi connectivity index (χ1v) is 8.13. The van der Waals surface area contributed by atoms with Gasteiger partial charge in [-0.15, -0.1) is 0 Å². The van der Waals surface area contributed by atoms with E-state index in [1.165, 1.54) is 11.1 Å². The molecular formula is C19H21N3S. The number of nitrogens with one attached hydrogen (secondary N) is 2. The topological polar surface area (TPSA) is 47.8 Å². The fourth-order valence-electron chi connectivity index (χ4n) is 2.34. The van der Waals surface area contributed by atoms with Crippen molar-refractivity contribution in [2.45, 2.75) is 32.7 Å².